The summed E-state index contributed by atoms with van der Waals surface area (Å²) in [5, 5.41) is 23.1. The van der Waals surface area contributed by atoms with Gasteiger partial charge in [-0.05, 0) is 36.6 Å². The van der Waals surface area contributed by atoms with Crippen LogP contribution in [0.25, 0.3) is 10.4 Å². The zero-order valence-electron chi connectivity index (χ0n) is 13.0. The molecular formula is C15H19N3O4. The van der Waals surface area contributed by atoms with Gasteiger partial charge in [-0.3, -0.25) is 4.79 Å². The highest BCUT2D eigenvalue weighted by molar-refractivity contribution is 5.98. The lowest BCUT2D eigenvalue weighted by molar-refractivity contribution is -0.131. The summed E-state index contributed by atoms with van der Waals surface area (Å²) in [5.41, 5.74) is 6.84. The first kappa shape index (κ1) is 17.7. The topological polar surface area (TPSA) is 123 Å². The van der Waals surface area contributed by atoms with E-state index in [1.54, 1.807) is 20.8 Å². The molecule has 0 radical (unpaired) electrons. The van der Waals surface area contributed by atoms with Gasteiger partial charge in [0.15, 0.2) is 5.78 Å². The summed E-state index contributed by atoms with van der Waals surface area (Å²) in [6, 6.07) is 0. The first-order chi connectivity index (χ1) is 10.0. The lowest BCUT2D eigenvalue weighted by Crippen LogP contribution is -2.49. The van der Waals surface area contributed by atoms with Gasteiger partial charge in [-0.2, -0.15) is 0 Å². The van der Waals surface area contributed by atoms with E-state index in [0.717, 1.165) is 6.08 Å². The van der Waals surface area contributed by atoms with E-state index < -0.39 is 17.0 Å². The van der Waals surface area contributed by atoms with Gasteiger partial charge in [0.25, 0.3) is 0 Å². The first-order valence-corrected chi connectivity index (χ1v) is 6.67. The van der Waals surface area contributed by atoms with Crippen molar-refractivity contribution in [3.05, 3.63) is 45.5 Å². The average Bonchev–Trinajstić information content (AvgIpc) is 2.38. The molecule has 0 aromatic heterocycles. The van der Waals surface area contributed by atoms with E-state index in [9.17, 15) is 14.7 Å². The second-order valence-electron chi connectivity index (χ2n) is 5.97. The highest BCUT2D eigenvalue weighted by Gasteiger charge is 2.49. The summed E-state index contributed by atoms with van der Waals surface area (Å²) in [5.74, 6) is -1.41. The van der Waals surface area contributed by atoms with E-state index in [4.69, 9.17) is 10.6 Å². The fraction of sp³-hybridized carbons (Fsp3) is 0.467. The molecule has 0 aromatic carbocycles. The number of rotatable bonds is 4. The molecule has 7 heteroatoms. The fourth-order valence-electron chi connectivity index (χ4n) is 2.54. The molecule has 0 saturated carbocycles. The van der Waals surface area contributed by atoms with Crippen LogP contribution in [0.2, 0.25) is 0 Å². The third kappa shape index (κ3) is 3.27. The lowest BCUT2D eigenvalue weighted by atomic mass is 9.63. The number of carbonyl (C=O) groups excluding carboxylic acids is 1. The van der Waals surface area contributed by atoms with Crippen LogP contribution in [0.5, 0.6) is 0 Å². The smallest absolute Gasteiger partial charge is 0.328 e. The summed E-state index contributed by atoms with van der Waals surface area (Å²) in [4.78, 5) is 25.3. The molecular weight excluding hydrogens is 286 g/mol. The number of carboxylic acid groups (broad SMARTS) is 1. The third-order valence-corrected chi connectivity index (χ3v) is 3.91. The van der Waals surface area contributed by atoms with Crippen LogP contribution in [0.4, 0.5) is 0 Å². The Balaban J connectivity index is 3.43. The van der Waals surface area contributed by atoms with E-state index in [1.165, 1.54) is 19.1 Å². The molecule has 0 unspecified atom stereocenters. The van der Waals surface area contributed by atoms with Crippen LogP contribution in [-0.4, -0.2) is 27.6 Å². The van der Waals surface area contributed by atoms with Crippen LogP contribution in [-0.2, 0) is 9.59 Å². The Bertz CT molecular complexity index is 652. The second-order valence-corrected chi connectivity index (χ2v) is 5.97. The van der Waals surface area contributed by atoms with Crippen molar-refractivity contribution in [1.82, 2.24) is 0 Å². The van der Waals surface area contributed by atoms with Crippen molar-refractivity contribution in [2.75, 3.05) is 0 Å². The van der Waals surface area contributed by atoms with Crippen molar-refractivity contribution < 1.29 is 19.8 Å². The zero-order valence-corrected chi connectivity index (χ0v) is 13.0. The molecule has 1 atom stereocenters. The molecule has 118 valence electrons. The van der Waals surface area contributed by atoms with Crippen molar-refractivity contribution in [2.24, 2.45) is 10.5 Å². The van der Waals surface area contributed by atoms with Crippen LogP contribution in [0, 0.1) is 5.41 Å². The maximum absolute atomic E-state index is 12.0. The number of allylic oxidation sites excluding steroid dienone is 3. The summed E-state index contributed by atoms with van der Waals surface area (Å²) in [7, 11) is 0. The van der Waals surface area contributed by atoms with Crippen LogP contribution in [0.1, 0.15) is 34.1 Å². The normalized spacial score (nSPS) is 25.3. The van der Waals surface area contributed by atoms with E-state index in [1.807, 2.05) is 0 Å². The van der Waals surface area contributed by atoms with Gasteiger partial charge in [0.05, 0.1) is 5.70 Å². The van der Waals surface area contributed by atoms with Gasteiger partial charge in [0.2, 0.25) is 0 Å². The van der Waals surface area contributed by atoms with Gasteiger partial charge >= 0.3 is 5.97 Å². The van der Waals surface area contributed by atoms with E-state index in [-0.39, 0.29) is 23.5 Å². The average molecular weight is 305 g/mol. The molecule has 0 fully saturated rings. The number of aliphatic hydroxyl groups is 1. The maximum Gasteiger partial charge on any atom is 0.328 e. The number of ketones is 1. The Morgan fingerprint density at radius 1 is 1.45 bits per heavy atom. The Hall–Kier alpha value is -2.37. The van der Waals surface area contributed by atoms with Gasteiger partial charge in [-0.25, -0.2) is 4.79 Å². The molecule has 0 heterocycles. The van der Waals surface area contributed by atoms with Gasteiger partial charge in [0.1, 0.15) is 5.60 Å². The number of Topliss-reactive ketones (excluding diaryl/α,β-unsaturated/α-hetero) is 1. The summed E-state index contributed by atoms with van der Waals surface area (Å²) in [6.45, 7) is 6.56. The van der Waals surface area contributed by atoms with E-state index >= 15 is 0 Å². The second kappa shape index (κ2) is 6.17. The Morgan fingerprint density at radius 2 is 2.05 bits per heavy atom. The molecule has 1 rings (SSSR count). The standard InChI is InChI=1S/C15H19N3O4/c1-9(7-12(20)21)5-6-15(22)10(2)13(17-18-16)11(19)8-14(15,3)4/h5-7,22H,8H2,1-4H3,(H,20,21)/b6-5+,9-7-/t15-/m0/s1. The van der Waals surface area contributed by atoms with Crippen molar-refractivity contribution in [2.45, 2.75) is 39.7 Å². The molecule has 0 bridgehead atoms. The SMILES string of the molecule is CC1=C(N=[N+]=[N-])C(=O)CC(C)(C)[C@]1(O)/C=C/C(C)=C\C(=O)O. The summed E-state index contributed by atoms with van der Waals surface area (Å²) >= 11 is 0. The number of carboxylic acids is 1. The first-order valence-electron chi connectivity index (χ1n) is 6.67. The number of aliphatic carboxylic acids is 1. The lowest BCUT2D eigenvalue weighted by Gasteiger charge is -2.45. The van der Waals surface area contributed by atoms with Crippen LogP contribution < -0.4 is 0 Å². The number of hydrogen-bond acceptors (Lipinski definition) is 4. The minimum absolute atomic E-state index is 0.0151. The largest absolute Gasteiger partial charge is 0.478 e. The molecule has 7 nitrogen and oxygen atoms in total. The fourth-order valence-corrected chi connectivity index (χ4v) is 2.54. The number of hydrogen-bond donors (Lipinski definition) is 2. The summed E-state index contributed by atoms with van der Waals surface area (Å²) < 4.78 is 0. The third-order valence-electron chi connectivity index (χ3n) is 3.91. The monoisotopic (exact) mass is 305 g/mol. The quantitative estimate of drug-likeness (QED) is 0.272. The molecule has 1 aliphatic rings. The summed E-state index contributed by atoms with van der Waals surface area (Å²) in [6.07, 6.45) is 3.94. The van der Waals surface area contributed by atoms with Crippen molar-refractivity contribution >= 4 is 11.8 Å². The van der Waals surface area contributed by atoms with Crippen molar-refractivity contribution in [3.63, 3.8) is 0 Å². The van der Waals surface area contributed by atoms with Crippen LogP contribution in [0.15, 0.2) is 40.2 Å². The molecule has 22 heavy (non-hydrogen) atoms. The Kier molecular flexibility index (Phi) is 4.96. The molecule has 0 aromatic rings. The molecule has 0 aliphatic heterocycles. The highest BCUT2D eigenvalue weighted by Crippen LogP contribution is 2.46. The highest BCUT2D eigenvalue weighted by atomic mass is 16.4. The van der Waals surface area contributed by atoms with E-state index in [2.05, 4.69) is 10.0 Å². The van der Waals surface area contributed by atoms with Crippen molar-refractivity contribution in [3.8, 4) is 0 Å². The molecule has 0 amide bonds. The number of carbonyl (C=O) groups is 2. The maximum atomic E-state index is 12.0. The molecule has 1 aliphatic carbocycles. The van der Waals surface area contributed by atoms with E-state index in [0.29, 0.717) is 5.57 Å². The molecule has 0 spiro atoms. The Morgan fingerprint density at radius 3 is 2.55 bits per heavy atom. The zero-order chi connectivity index (χ0) is 17.1. The van der Waals surface area contributed by atoms with Crippen molar-refractivity contribution in [1.29, 1.82) is 0 Å². The van der Waals surface area contributed by atoms with Crippen LogP contribution >= 0.6 is 0 Å². The van der Waals surface area contributed by atoms with Gasteiger partial charge in [-0.15, -0.1) is 0 Å². The molecule has 2 N–H and O–H groups in total. The number of nitrogens with zero attached hydrogens (tertiary/aromatic N) is 3. The van der Waals surface area contributed by atoms with Crippen LogP contribution in [0.3, 0.4) is 0 Å². The van der Waals surface area contributed by atoms with Gasteiger partial charge in [-0.1, -0.05) is 25.0 Å². The predicted octanol–water partition coefficient (Wildman–Crippen LogP) is 2.89. The molecule has 0 saturated heterocycles. The number of azide groups is 1. The minimum Gasteiger partial charge on any atom is -0.478 e. The van der Waals surface area contributed by atoms with Gasteiger partial charge in [0, 0.05) is 22.8 Å². The van der Waals surface area contributed by atoms with Gasteiger partial charge < -0.3 is 10.2 Å². The minimum atomic E-state index is -1.52. The Labute approximate surface area is 128 Å². The predicted molar refractivity (Wildman–Crippen MR) is 80.7 cm³/mol.